The number of amidine groups is 1. The van der Waals surface area contributed by atoms with Crippen LogP contribution in [0.3, 0.4) is 0 Å². The molecule has 1 atom stereocenters. The minimum Gasteiger partial charge on any atom is -0.489 e. The molecule has 6 rings (SSSR count). The number of aromatic nitrogens is 2. The van der Waals surface area contributed by atoms with Crippen LogP contribution in [-0.4, -0.2) is 95.7 Å². The monoisotopic (exact) mass is 578 g/mol. The van der Waals surface area contributed by atoms with Gasteiger partial charge in [0, 0.05) is 44.5 Å². The second-order valence-electron chi connectivity index (χ2n) is 10.4. The quantitative estimate of drug-likeness (QED) is 0.297. The first-order valence-corrected chi connectivity index (χ1v) is 14.8. The Balaban J connectivity index is 0.940. The van der Waals surface area contributed by atoms with E-state index in [1.165, 1.54) is 11.8 Å². The number of morpholine rings is 1. The number of thioether (sulfide) groups is 1. The summed E-state index contributed by atoms with van der Waals surface area (Å²) in [5.74, 6) is 0.358. The van der Waals surface area contributed by atoms with Gasteiger partial charge in [-0.25, -0.2) is 4.79 Å². The minimum atomic E-state index is -0.670. The smallest absolute Gasteiger partial charge is 0.323 e. The number of fused-ring (bicyclic) bond motifs is 1. The van der Waals surface area contributed by atoms with E-state index >= 15 is 0 Å². The van der Waals surface area contributed by atoms with E-state index in [9.17, 15) is 14.7 Å². The summed E-state index contributed by atoms with van der Waals surface area (Å²) in [6, 6.07) is 14.0. The average molecular weight is 579 g/mol. The van der Waals surface area contributed by atoms with Crippen molar-refractivity contribution in [3.05, 3.63) is 63.4 Å². The predicted molar refractivity (Wildman–Crippen MR) is 161 cm³/mol. The van der Waals surface area contributed by atoms with E-state index in [0.29, 0.717) is 47.5 Å². The number of nitrogens with zero attached hydrogens (tertiary/aromatic N) is 3. The first-order valence-electron chi connectivity index (χ1n) is 14.0. The van der Waals surface area contributed by atoms with E-state index in [4.69, 9.17) is 9.47 Å². The molecule has 0 aliphatic carbocycles. The number of amides is 1. The van der Waals surface area contributed by atoms with E-state index in [2.05, 4.69) is 42.2 Å². The lowest BCUT2D eigenvalue weighted by Gasteiger charge is -2.34. The van der Waals surface area contributed by atoms with Crippen LogP contribution >= 0.6 is 11.8 Å². The number of anilines is 1. The Hall–Kier alpha value is -3.58. The Morgan fingerprint density at radius 2 is 1.85 bits per heavy atom. The maximum atomic E-state index is 12.4. The lowest BCUT2D eigenvalue weighted by Crippen LogP contribution is -2.45. The highest BCUT2D eigenvalue weighted by Crippen LogP contribution is 2.31. The Morgan fingerprint density at radius 1 is 1.07 bits per heavy atom. The summed E-state index contributed by atoms with van der Waals surface area (Å²) in [4.78, 5) is 38.8. The van der Waals surface area contributed by atoms with Crippen molar-refractivity contribution in [2.24, 2.45) is 4.99 Å². The molecular formula is C29H34N6O5S. The van der Waals surface area contributed by atoms with Gasteiger partial charge in [-0.15, -0.1) is 0 Å². The summed E-state index contributed by atoms with van der Waals surface area (Å²) in [6.07, 6.45) is 3.18. The summed E-state index contributed by atoms with van der Waals surface area (Å²) in [5, 5.41) is 14.7. The van der Waals surface area contributed by atoms with Crippen LogP contribution in [0.1, 0.15) is 18.4 Å². The van der Waals surface area contributed by atoms with E-state index in [1.807, 2.05) is 18.2 Å². The highest BCUT2D eigenvalue weighted by atomic mass is 32.2. The molecule has 0 spiro atoms. The maximum absolute atomic E-state index is 12.4. The lowest BCUT2D eigenvalue weighted by molar-refractivity contribution is -0.113. The molecule has 1 aromatic heterocycles. The van der Waals surface area contributed by atoms with Crippen molar-refractivity contribution in [3.63, 3.8) is 0 Å². The van der Waals surface area contributed by atoms with E-state index in [-0.39, 0.29) is 18.2 Å². The third-order valence-corrected chi connectivity index (χ3v) is 8.57. The van der Waals surface area contributed by atoms with Gasteiger partial charge in [-0.2, -0.15) is 4.99 Å². The van der Waals surface area contributed by atoms with Gasteiger partial charge < -0.3 is 39.7 Å². The molecule has 12 heteroatoms. The summed E-state index contributed by atoms with van der Waals surface area (Å²) >= 11 is 1.44. The highest BCUT2D eigenvalue weighted by Gasteiger charge is 2.27. The van der Waals surface area contributed by atoms with Crippen molar-refractivity contribution in [2.45, 2.75) is 25.0 Å². The van der Waals surface area contributed by atoms with Crippen molar-refractivity contribution in [1.82, 2.24) is 20.2 Å². The van der Waals surface area contributed by atoms with E-state index in [0.717, 1.165) is 55.4 Å². The molecule has 2 aromatic carbocycles. The fraction of sp³-hybridized carbons (Fsp3) is 0.414. The zero-order valence-corrected chi connectivity index (χ0v) is 23.5. The Morgan fingerprint density at radius 3 is 2.63 bits per heavy atom. The molecule has 1 amide bonds. The van der Waals surface area contributed by atoms with Crippen LogP contribution in [0.5, 0.6) is 5.75 Å². The van der Waals surface area contributed by atoms with Crippen LogP contribution in [0.15, 0.2) is 57.2 Å². The number of hydrogen-bond acceptors (Lipinski definition) is 9. The van der Waals surface area contributed by atoms with Crippen molar-refractivity contribution in [1.29, 1.82) is 0 Å². The number of benzene rings is 2. The summed E-state index contributed by atoms with van der Waals surface area (Å²) in [5.41, 5.74) is 3.13. The molecule has 2 saturated heterocycles. The third kappa shape index (κ3) is 6.67. The third-order valence-electron chi connectivity index (χ3n) is 7.53. The molecule has 0 bridgehead atoms. The largest absolute Gasteiger partial charge is 0.489 e. The molecule has 2 fully saturated rings. The highest BCUT2D eigenvalue weighted by molar-refractivity contribution is 8.18. The molecule has 3 aliphatic heterocycles. The van der Waals surface area contributed by atoms with Gasteiger partial charge in [0.15, 0.2) is 5.17 Å². The lowest BCUT2D eigenvalue weighted by atomic mass is 10.0. The van der Waals surface area contributed by atoms with E-state index < -0.39 is 6.10 Å². The van der Waals surface area contributed by atoms with Crippen LogP contribution in [0, 0.1) is 0 Å². The fourth-order valence-electron chi connectivity index (χ4n) is 5.26. The first-order chi connectivity index (χ1) is 20.0. The van der Waals surface area contributed by atoms with Crippen LogP contribution in [0.25, 0.3) is 17.1 Å². The van der Waals surface area contributed by atoms with Crippen LogP contribution in [-0.2, 0) is 9.53 Å². The molecule has 41 heavy (non-hydrogen) atoms. The Labute approximate surface area is 241 Å². The standard InChI is InChI=1S/C29H34N6O5S/c36-22(18-40-24-3-1-2-23-26(24)32-28(38)31-23)17-30-20-8-10-34(11-9-20)21-6-4-19(5-7-21)16-25-27(37)33-29(41-25)35-12-14-39-15-13-35/h1-7,16,20,22,30,36H,8-15,17-18H2,(H2,31,32,38)/b25-16-. The topological polar surface area (TPSA) is 135 Å². The molecule has 11 nitrogen and oxygen atoms in total. The summed E-state index contributed by atoms with van der Waals surface area (Å²) in [7, 11) is 0. The van der Waals surface area contributed by atoms with E-state index in [1.54, 1.807) is 18.2 Å². The number of aliphatic hydroxyl groups is 1. The molecule has 0 saturated carbocycles. The number of ether oxygens (including phenoxy) is 2. The van der Waals surface area contributed by atoms with Crippen molar-refractivity contribution in [2.75, 3.05) is 57.4 Å². The number of aromatic amines is 2. The maximum Gasteiger partial charge on any atom is 0.323 e. The Bertz CT molecular complexity index is 1490. The number of hydrogen-bond donors (Lipinski definition) is 4. The minimum absolute atomic E-state index is 0.130. The number of aliphatic imine (C=N–C) groups is 1. The zero-order chi connectivity index (χ0) is 28.2. The average Bonchev–Trinajstić information content (AvgIpc) is 3.57. The number of piperidine rings is 1. The number of nitrogens with one attached hydrogen (secondary N) is 3. The van der Waals surface area contributed by atoms with Gasteiger partial charge in [0.05, 0.1) is 23.6 Å². The van der Waals surface area contributed by atoms with Crippen LogP contribution in [0.4, 0.5) is 5.69 Å². The van der Waals surface area contributed by atoms with Crippen molar-refractivity contribution in [3.8, 4) is 5.75 Å². The molecule has 4 N–H and O–H groups in total. The van der Waals surface area contributed by atoms with Gasteiger partial charge in [0.1, 0.15) is 24.0 Å². The summed E-state index contributed by atoms with van der Waals surface area (Å²) in [6.45, 7) is 5.24. The van der Waals surface area contributed by atoms with Gasteiger partial charge in [-0.3, -0.25) is 4.79 Å². The SMILES string of the molecule is O=C1N=C(N2CCOCC2)S/C1=C\c1ccc(N2CCC(NCC(O)COc3cccc4[nH]c(=O)[nH]c34)CC2)cc1. The molecule has 216 valence electrons. The molecule has 0 radical (unpaired) electrons. The molecule has 1 unspecified atom stereocenters. The Kier molecular flexibility index (Phi) is 8.42. The van der Waals surface area contributed by atoms with Gasteiger partial charge in [0.2, 0.25) is 0 Å². The van der Waals surface area contributed by atoms with Gasteiger partial charge >= 0.3 is 5.69 Å². The second kappa shape index (κ2) is 12.5. The van der Waals surface area contributed by atoms with Gasteiger partial charge in [-0.1, -0.05) is 18.2 Å². The van der Waals surface area contributed by atoms with Crippen molar-refractivity contribution >= 4 is 45.6 Å². The normalized spacial score (nSPS) is 20.2. The molecule has 3 aromatic rings. The second-order valence-corrected chi connectivity index (χ2v) is 11.4. The zero-order valence-electron chi connectivity index (χ0n) is 22.7. The number of carbonyl (C=O) groups excluding carboxylic acids is 1. The number of para-hydroxylation sites is 1. The fourth-order valence-corrected chi connectivity index (χ4v) is 6.23. The van der Waals surface area contributed by atoms with Crippen LogP contribution in [0.2, 0.25) is 0 Å². The number of aliphatic hydroxyl groups excluding tert-OH is 1. The van der Waals surface area contributed by atoms with Crippen molar-refractivity contribution < 1.29 is 19.4 Å². The molecular weight excluding hydrogens is 544 g/mol. The molecule has 4 heterocycles. The number of H-pyrrole nitrogens is 2. The number of imidazole rings is 1. The summed E-state index contributed by atoms with van der Waals surface area (Å²) < 4.78 is 11.2. The van der Waals surface area contributed by atoms with Gasteiger partial charge in [0.25, 0.3) is 5.91 Å². The van der Waals surface area contributed by atoms with Crippen LogP contribution < -0.4 is 20.6 Å². The molecule has 3 aliphatic rings. The number of carbonyl (C=O) groups is 1. The number of rotatable bonds is 8. The van der Waals surface area contributed by atoms with Gasteiger partial charge in [-0.05, 0) is 60.5 Å². The first kappa shape index (κ1) is 27.6. The predicted octanol–water partition coefficient (Wildman–Crippen LogP) is 2.16.